The molecule has 0 heterocycles. The lowest BCUT2D eigenvalue weighted by Gasteiger charge is -2.24. The molecule has 3 atom stereocenters. The zero-order valence-electron chi connectivity index (χ0n) is 10.1. The highest BCUT2D eigenvalue weighted by molar-refractivity contribution is 6.32. The van der Waals surface area contributed by atoms with E-state index in [9.17, 15) is 0 Å². The van der Waals surface area contributed by atoms with E-state index in [0.29, 0.717) is 11.1 Å². The Morgan fingerprint density at radius 1 is 1.29 bits per heavy atom. The van der Waals surface area contributed by atoms with Crippen molar-refractivity contribution in [3.05, 3.63) is 23.2 Å². The summed E-state index contributed by atoms with van der Waals surface area (Å²) in [5.74, 6) is 2.59. The topological polar surface area (TPSA) is 21.3 Å². The summed E-state index contributed by atoms with van der Waals surface area (Å²) in [6, 6.07) is 6.58. The molecule has 0 saturated heterocycles. The zero-order valence-corrected chi connectivity index (χ0v) is 10.8. The molecule has 1 aromatic carbocycles. The normalized spacial score (nSPS) is 30.6. The van der Waals surface area contributed by atoms with Gasteiger partial charge in [-0.25, -0.2) is 0 Å². The standard InChI is InChI=1S/C14H18ClNO/c1-17-14-8-11(4-5-12(14)15)16-13-7-9-2-3-10(13)6-9/h4-5,8-10,13,16H,2-3,6-7H2,1H3. The second-order valence-electron chi connectivity index (χ2n) is 5.28. The minimum absolute atomic E-state index is 0.652. The highest BCUT2D eigenvalue weighted by atomic mass is 35.5. The van der Waals surface area contributed by atoms with Crippen molar-refractivity contribution in [3.63, 3.8) is 0 Å². The lowest BCUT2D eigenvalue weighted by Crippen LogP contribution is -2.25. The number of methoxy groups -OCH3 is 1. The SMILES string of the molecule is COc1cc(NC2CC3CCC2C3)ccc1Cl. The van der Waals surface area contributed by atoms with Gasteiger partial charge in [-0.1, -0.05) is 18.0 Å². The van der Waals surface area contributed by atoms with Crippen molar-refractivity contribution in [2.75, 3.05) is 12.4 Å². The van der Waals surface area contributed by atoms with Crippen LogP contribution in [0.5, 0.6) is 5.75 Å². The molecule has 0 aromatic heterocycles. The van der Waals surface area contributed by atoms with Crippen LogP contribution in [0.4, 0.5) is 5.69 Å². The Balaban J connectivity index is 1.73. The Morgan fingerprint density at radius 3 is 2.82 bits per heavy atom. The maximum atomic E-state index is 6.02. The lowest BCUT2D eigenvalue weighted by atomic mass is 9.95. The Bertz CT molecular complexity index is 421. The van der Waals surface area contributed by atoms with Crippen molar-refractivity contribution < 1.29 is 4.74 Å². The summed E-state index contributed by atoms with van der Waals surface area (Å²) >= 11 is 6.02. The Hall–Kier alpha value is -0.890. The number of hydrogen-bond donors (Lipinski definition) is 1. The van der Waals surface area contributed by atoms with Crippen LogP contribution in [-0.4, -0.2) is 13.2 Å². The minimum Gasteiger partial charge on any atom is -0.495 e. The van der Waals surface area contributed by atoms with Crippen molar-refractivity contribution >= 4 is 17.3 Å². The lowest BCUT2D eigenvalue weighted by molar-refractivity contribution is 0.414. The molecule has 0 amide bonds. The quantitative estimate of drug-likeness (QED) is 0.878. The number of anilines is 1. The van der Waals surface area contributed by atoms with Gasteiger partial charge in [0.25, 0.3) is 0 Å². The summed E-state index contributed by atoms with van der Waals surface area (Å²) in [5.41, 5.74) is 1.13. The van der Waals surface area contributed by atoms with Crippen LogP contribution in [0, 0.1) is 11.8 Å². The number of fused-ring (bicyclic) bond motifs is 2. The molecule has 0 aliphatic heterocycles. The van der Waals surface area contributed by atoms with E-state index in [2.05, 4.69) is 5.32 Å². The fourth-order valence-electron chi connectivity index (χ4n) is 3.39. The molecular weight excluding hydrogens is 234 g/mol. The van der Waals surface area contributed by atoms with E-state index in [4.69, 9.17) is 16.3 Å². The Morgan fingerprint density at radius 2 is 2.18 bits per heavy atom. The van der Waals surface area contributed by atoms with Gasteiger partial charge < -0.3 is 10.1 Å². The molecule has 2 bridgehead atoms. The van der Waals surface area contributed by atoms with Crippen LogP contribution >= 0.6 is 11.6 Å². The maximum Gasteiger partial charge on any atom is 0.139 e. The third-order valence-corrected chi connectivity index (χ3v) is 4.55. The first-order valence-corrected chi connectivity index (χ1v) is 6.74. The van der Waals surface area contributed by atoms with Crippen molar-refractivity contribution in [2.45, 2.75) is 31.7 Å². The van der Waals surface area contributed by atoms with E-state index in [1.807, 2.05) is 18.2 Å². The van der Waals surface area contributed by atoms with Gasteiger partial charge in [0.1, 0.15) is 5.75 Å². The minimum atomic E-state index is 0.652. The number of rotatable bonds is 3. The number of hydrogen-bond acceptors (Lipinski definition) is 2. The molecule has 3 heteroatoms. The molecular formula is C14H18ClNO. The Labute approximate surface area is 107 Å². The second-order valence-corrected chi connectivity index (χ2v) is 5.68. The van der Waals surface area contributed by atoms with E-state index in [1.165, 1.54) is 25.7 Å². The fraction of sp³-hybridized carbons (Fsp3) is 0.571. The first kappa shape index (κ1) is 11.2. The predicted octanol–water partition coefficient (Wildman–Crippen LogP) is 3.95. The first-order valence-electron chi connectivity index (χ1n) is 6.36. The molecule has 2 aliphatic carbocycles. The van der Waals surface area contributed by atoms with Gasteiger partial charge >= 0.3 is 0 Å². The van der Waals surface area contributed by atoms with Crippen molar-refractivity contribution in [3.8, 4) is 5.75 Å². The van der Waals surface area contributed by atoms with Gasteiger partial charge in [0.2, 0.25) is 0 Å². The van der Waals surface area contributed by atoms with Crippen LogP contribution in [0.15, 0.2) is 18.2 Å². The summed E-state index contributed by atoms with van der Waals surface area (Å²) in [5, 5.41) is 4.31. The number of halogens is 1. The third-order valence-electron chi connectivity index (χ3n) is 4.24. The van der Waals surface area contributed by atoms with Gasteiger partial charge in [0, 0.05) is 17.8 Å². The summed E-state index contributed by atoms with van der Waals surface area (Å²) in [7, 11) is 1.66. The molecule has 3 rings (SSSR count). The van der Waals surface area contributed by atoms with Crippen LogP contribution < -0.4 is 10.1 Å². The molecule has 2 aliphatic rings. The van der Waals surface area contributed by atoms with Gasteiger partial charge in [-0.2, -0.15) is 0 Å². The molecule has 1 aromatic rings. The van der Waals surface area contributed by atoms with E-state index >= 15 is 0 Å². The highest BCUT2D eigenvalue weighted by Crippen LogP contribution is 2.45. The van der Waals surface area contributed by atoms with Gasteiger partial charge in [0.15, 0.2) is 0 Å². The molecule has 3 unspecified atom stereocenters. The van der Waals surface area contributed by atoms with E-state index < -0.39 is 0 Å². The van der Waals surface area contributed by atoms with Gasteiger partial charge in [0.05, 0.1) is 12.1 Å². The number of benzene rings is 1. The van der Waals surface area contributed by atoms with E-state index in [0.717, 1.165) is 23.3 Å². The highest BCUT2D eigenvalue weighted by Gasteiger charge is 2.39. The smallest absolute Gasteiger partial charge is 0.139 e. The molecule has 2 fully saturated rings. The first-order chi connectivity index (χ1) is 8.26. The second kappa shape index (κ2) is 4.41. The molecule has 2 saturated carbocycles. The number of nitrogens with one attached hydrogen (secondary N) is 1. The summed E-state index contributed by atoms with van der Waals surface area (Å²) in [6.45, 7) is 0. The molecule has 0 radical (unpaired) electrons. The average Bonchev–Trinajstić information content (AvgIpc) is 2.93. The largest absolute Gasteiger partial charge is 0.495 e. The molecule has 17 heavy (non-hydrogen) atoms. The van der Waals surface area contributed by atoms with Gasteiger partial charge in [-0.05, 0) is 43.2 Å². The van der Waals surface area contributed by atoms with Crippen LogP contribution in [-0.2, 0) is 0 Å². The van der Waals surface area contributed by atoms with Crippen molar-refractivity contribution in [2.24, 2.45) is 11.8 Å². The van der Waals surface area contributed by atoms with Crippen LogP contribution in [0.1, 0.15) is 25.7 Å². The summed E-state index contributed by atoms with van der Waals surface area (Å²) in [6.07, 6.45) is 5.58. The molecule has 0 spiro atoms. The number of ether oxygens (including phenoxy) is 1. The van der Waals surface area contributed by atoms with Crippen LogP contribution in [0.2, 0.25) is 5.02 Å². The Kier molecular flexibility index (Phi) is 2.91. The molecule has 92 valence electrons. The van der Waals surface area contributed by atoms with Gasteiger partial charge in [-0.15, -0.1) is 0 Å². The van der Waals surface area contributed by atoms with Crippen molar-refractivity contribution in [1.82, 2.24) is 0 Å². The average molecular weight is 252 g/mol. The zero-order chi connectivity index (χ0) is 11.8. The fourth-order valence-corrected chi connectivity index (χ4v) is 3.58. The van der Waals surface area contributed by atoms with Crippen LogP contribution in [0.25, 0.3) is 0 Å². The molecule has 1 N–H and O–H groups in total. The molecule has 2 nitrogen and oxygen atoms in total. The van der Waals surface area contributed by atoms with E-state index in [1.54, 1.807) is 7.11 Å². The summed E-state index contributed by atoms with van der Waals surface area (Å²) in [4.78, 5) is 0. The van der Waals surface area contributed by atoms with Gasteiger partial charge in [-0.3, -0.25) is 0 Å². The third kappa shape index (κ3) is 2.11. The summed E-state index contributed by atoms with van der Waals surface area (Å²) < 4.78 is 5.24. The maximum absolute atomic E-state index is 6.02. The van der Waals surface area contributed by atoms with Crippen LogP contribution in [0.3, 0.4) is 0 Å². The monoisotopic (exact) mass is 251 g/mol. The van der Waals surface area contributed by atoms with Crippen molar-refractivity contribution in [1.29, 1.82) is 0 Å². The predicted molar refractivity (Wildman–Crippen MR) is 70.9 cm³/mol. The van der Waals surface area contributed by atoms with E-state index in [-0.39, 0.29) is 0 Å².